The van der Waals surface area contributed by atoms with Gasteiger partial charge < -0.3 is 9.40 Å². The molecule has 0 spiro atoms. The molecule has 0 unspecified atom stereocenters. The van der Waals surface area contributed by atoms with Crippen LogP contribution in [0.5, 0.6) is 0 Å². The molecule has 1 fully saturated rings. The number of aromatic amines is 1. The van der Waals surface area contributed by atoms with Crippen molar-refractivity contribution in [3.8, 4) is 0 Å². The van der Waals surface area contributed by atoms with Crippen molar-refractivity contribution in [1.29, 1.82) is 0 Å². The highest BCUT2D eigenvalue weighted by Gasteiger charge is 2.34. The number of hydrogen-bond acceptors (Lipinski definition) is 7. The molecule has 1 saturated carbocycles. The Bertz CT molecular complexity index is 1510. The Morgan fingerprint density at radius 3 is 2.78 bits per heavy atom. The van der Waals surface area contributed by atoms with Gasteiger partial charge in [0.2, 0.25) is 0 Å². The number of aryl methyl sites for hydroxylation is 2. The van der Waals surface area contributed by atoms with E-state index in [4.69, 9.17) is 4.42 Å². The van der Waals surface area contributed by atoms with E-state index in [-0.39, 0.29) is 11.6 Å². The van der Waals surface area contributed by atoms with Gasteiger partial charge >= 0.3 is 0 Å². The van der Waals surface area contributed by atoms with Crippen LogP contribution in [-0.2, 0) is 13.1 Å². The minimum atomic E-state index is -0.461. The number of hydrogen-bond donors (Lipinski definition) is 1. The van der Waals surface area contributed by atoms with Crippen molar-refractivity contribution in [2.75, 3.05) is 0 Å². The Balaban J connectivity index is 1.55. The molecule has 6 rings (SSSR count). The van der Waals surface area contributed by atoms with Crippen molar-refractivity contribution >= 4 is 22.2 Å². The Kier molecular flexibility index (Phi) is 6.48. The lowest BCUT2D eigenvalue weighted by Crippen LogP contribution is -2.35. The van der Waals surface area contributed by atoms with Crippen LogP contribution in [0.15, 0.2) is 63.3 Å². The molecule has 1 aromatic carbocycles. The summed E-state index contributed by atoms with van der Waals surface area (Å²) >= 11 is 1.70. The standard InChI is InChI=1S/C28H30N6O2S/c1-18-13-19(2)23-15-24(28(35)29-25(23)14-18)26(27-30-31-32-34(27)20-7-3-4-8-20)33(16-21-9-5-11-36-21)17-22-10-6-12-37-22/h5-6,9-15,20,26H,3-4,7-8,16-17H2,1-2H3,(H,29,35)/t26-/m1/s1. The molecule has 9 heteroatoms. The minimum absolute atomic E-state index is 0.126. The summed E-state index contributed by atoms with van der Waals surface area (Å²) in [4.78, 5) is 20.4. The first-order valence-electron chi connectivity index (χ1n) is 12.8. The van der Waals surface area contributed by atoms with Crippen LogP contribution in [-0.4, -0.2) is 30.1 Å². The summed E-state index contributed by atoms with van der Waals surface area (Å²) in [5.41, 5.74) is 3.59. The second kappa shape index (κ2) is 10.1. The van der Waals surface area contributed by atoms with Crippen LogP contribution in [0.1, 0.15) is 70.9 Å². The van der Waals surface area contributed by atoms with Crippen molar-refractivity contribution < 1.29 is 4.42 Å². The summed E-state index contributed by atoms with van der Waals surface area (Å²) in [5.74, 6) is 1.52. The average molecular weight is 515 g/mol. The zero-order valence-corrected chi connectivity index (χ0v) is 21.9. The first kappa shape index (κ1) is 23.8. The van der Waals surface area contributed by atoms with Crippen molar-refractivity contribution in [2.45, 2.75) is 64.7 Å². The molecule has 0 aliphatic heterocycles. The van der Waals surface area contributed by atoms with Crippen LogP contribution in [0.4, 0.5) is 0 Å². The Morgan fingerprint density at radius 1 is 1.16 bits per heavy atom. The number of rotatable bonds is 8. The first-order chi connectivity index (χ1) is 18.1. The van der Waals surface area contributed by atoms with Crippen molar-refractivity contribution in [2.24, 2.45) is 0 Å². The number of aromatic nitrogens is 5. The lowest BCUT2D eigenvalue weighted by molar-refractivity contribution is 0.178. The number of tetrazole rings is 1. The third-order valence-corrected chi connectivity index (χ3v) is 8.17. The van der Waals surface area contributed by atoms with Crippen LogP contribution in [0, 0.1) is 13.8 Å². The molecule has 4 heterocycles. The molecule has 4 aromatic heterocycles. The summed E-state index contributed by atoms with van der Waals surface area (Å²) in [6, 6.07) is 14.0. The van der Waals surface area contributed by atoms with Gasteiger partial charge in [0.25, 0.3) is 5.56 Å². The predicted molar refractivity (Wildman–Crippen MR) is 143 cm³/mol. The fourth-order valence-corrected chi connectivity index (χ4v) is 6.35. The SMILES string of the molecule is Cc1cc(C)c2cc([C@H](c3nnnn3C3CCCC3)N(Cc3ccco3)Cc3cccs3)c(=O)[nH]c2c1. The van der Waals surface area contributed by atoms with E-state index in [1.165, 1.54) is 4.88 Å². The van der Waals surface area contributed by atoms with E-state index in [2.05, 4.69) is 55.9 Å². The number of nitrogens with one attached hydrogen (secondary N) is 1. The summed E-state index contributed by atoms with van der Waals surface area (Å²) in [6.45, 7) is 5.27. The topological polar surface area (TPSA) is 92.8 Å². The number of thiophene rings is 1. The molecule has 0 saturated heterocycles. The summed E-state index contributed by atoms with van der Waals surface area (Å²) in [6.07, 6.45) is 6.09. The minimum Gasteiger partial charge on any atom is -0.468 e. The molecule has 190 valence electrons. The molecule has 8 nitrogen and oxygen atoms in total. The molecule has 1 aliphatic carbocycles. The van der Waals surface area contributed by atoms with Gasteiger partial charge in [-0.05, 0) is 84.0 Å². The fraction of sp³-hybridized carbons (Fsp3) is 0.357. The van der Waals surface area contributed by atoms with Gasteiger partial charge in [0, 0.05) is 27.9 Å². The van der Waals surface area contributed by atoms with Gasteiger partial charge in [-0.25, -0.2) is 4.68 Å². The summed E-state index contributed by atoms with van der Waals surface area (Å²) in [7, 11) is 0. The van der Waals surface area contributed by atoms with Gasteiger partial charge in [0.05, 0.1) is 18.8 Å². The zero-order valence-electron chi connectivity index (χ0n) is 21.1. The first-order valence-corrected chi connectivity index (χ1v) is 13.7. The van der Waals surface area contributed by atoms with Crippen LogP contribution in [0.3, 0.4) is 0 Å². The third-order valence-electron chi connectivity index (χ3n) is 7.31. The van der Waals surface area contributed by atoms with Crippen molar-refractivity contribution in [1.82, 2.24) is 30.1 Å². The smallest absolute Gasteiger partial charge is 0.253 e. The molecule has 0 amide bonds. The number of fused-ring (bicyclic) bond motifs is 1. The maximum Gasteiger partial charge on any atom is 0.253 e. The van der Waals surface area contributed by atoms with Crippen LogP contribution in [0.2, 0.25) is 0 Å². The van der Waals surface area contributed by atoms with Crippen molar-refractivity contribution in [3.63, 3.8) is 0 Å². The highest BCUT2D eigenvalue weighted by molar-refractivity contribution is 7.09. The Labute approximate surface area is 218 Å². The molecule has 5 aromatic rings. The maximum atomic E-state index is 13.8. The number of furan rings is 1. The summed E-state index contributed by atoms with van der Waals surface area (Å²) in [5, 5.41) is 16.2. The Morgan fingerprint density at radius 2 is 2.03 bits per heavy atom. The van der Waals surface area contributed by atoms with Gasteiger partial charge in [0.1, 0.15) is 11.8 Å². The lowest BCUT2D eigenvalue weighted by Gasteiger charge is -2.30. The van der Waals surface area contributed by atoms with Crippen LogP contribution in [0.25, 0.3) is 10.9 Å². The average Bonchev–Trinajstić information content (AvgIpc) is 3.67. The van der Waals surface area contributed by atoms with Crippen molar-refractivity contribution in [3.05, 3.63) is 97.6 Å². The molecule has 37 heavy (non-hydrogen) atoms. The number of pyridine rings is 1. The largest absolute Gasteiger partial charge is 0.468 e. The quantitative estimate of drug-likeness (QED) is 0.286. The van der Waals surface area contributed by atoms with E-state index in [9.17, 15) is 4.79 Å². The number of nitrogens with zero attached hydrogens (tertiary/aromatic N) is 5. The lowest BCUT2D eigenvalue weighted by atomic mass is 9.99. The molecule has 1 N–H and O–H groups in total. The van der Waals surface area contributed by atoms with Gasteiger partial charge in [-0.15, -0.1) is 16.4 Å². The highest BCUT2D eigenvalue weighted by atomic mass is 32.1. The van der Waals surface area contributed by atoms with E-state index in [1.807, 2.05) is 35.9 Å². The fourth-order valence-electron chi connectivity index (χ4n) is 5.62. The number of H-pyrrole nitrogens is 1. The predicted octanol–water partition coefficient (Wildman–Crippen LogP) is 5.69. The monoisotopic (exact) mass is 514 g/mol. The van der Waals surface area contributed by atoms with E-state index in [0.29, 0.717) is 24.5 Å². The van der Waals surface area contributed by atoms with Gasteiger partial charge in [-0.1, -0.05) is 25.0 Å². The van der Waals surface area contributed by atoms with E-state index in [0.717, 1.165) is 53.5 Å². The molecular weight excluding hydrogens is 484 g/mol. The Hall–Kier alpha value is -3.56. The highest BCUT2D eigenvalue weighted by Crippen LogP contribution is 2.35. The third kappa shape index (κ3) is 4.76. The van der Waals surface area contributed by atoms with E-state index >= 15 is 0 Å². The maximum absolute atomic E-state index is 13.8. The molecule has 1 aliphatic rings. The van der Waals surface area contributed by atoms with E-state index < -0.39 is 6.04 Å². The van der Waals surface area contributed by atoms with Gasteiger partial charge in [-0.3, -0.25) is 9.69 Å². The normalized spacial score (nSPS) is 15.2. The zero-order chi connectivity index (χ0) is 25.4. The van der Waals surface area contributed by atoms with Gasteiger partial charge in [0.15, 0.2) is 5.82 Å². The van der Waals surface area contributed by atoms with Gasteiger partial charge in [-0.2, -0.15) is 0 Å². The molecule has 1 atom stereocenters. The molecule has 0 radical (unpaired) electrons. The molecule has 0 bridgehead atoms. The van der Waals surface area contributed by atoms with Crippen LogP contribution < -0.4 is 5.56 Å². The summed E-state index contributed by atoms with van der Waals surface area (Å²) < 4.78 is 7.73. The van der Waals surface area contributed by atoms with E-state index in [1.54, 1.807) is 17.6 Å². The molecular formula is C28H30N6O2S. The second-order valence-electron chi connectivity index (χ2n) is 9.98. The second-order valence-corrected chi connectivity index (χ2v) is 11.0. The number of benzene rings is 1. The van der Waals surface area contributed by atoms with Crippen LogP contribution >= 0.6 is 11.3 Å².